The second-order valence-corrected chi connectivity index (χ2v) is 5.47. The van der Waals surface area contributed by atoms with E-state index in [9.17, 15) is 5.11 Å². The van der Waals surface area contributed by atoms with Gasteiger partial charge in [-0.15, -0.1) is 0 Å². The third-order valence-electron chi connectivity index (χ3n) is 3.30. The van der Waals surface area contributed by atoms with Gasteiger partial charge in [-0.05, 0) is 24.6 Å². The molecule has 1 saturated heterocycles. The first-order valence-corrected chi connectivity index (χ1v) is 6.92. The lowest BCUT2D eigenvalue weighted by Crippen LogP contribution is -2.49. The molecule has 2 rings (SSSR count). The Morgan fingerprint density at radius 1 is 1.56 bits per heavy atom. The van der Waals surface area contributed by atoms with Crippen molar-refractivity contribution in [2.24, 2.45) is 5.73 Å². The summed E-state index contributed by atoms with van der Waals surface area (Å²) in [7, 11) is 0. The highest BCUT2D eigenvalue weighted by Crippen LogP contribution is 2.27. The van der Waals surface area contributed by atoms with Gasteiger partial charge >= 0.3 is 0 Å². The summed E-state index contributed by atoms with van der Waals surface area (Å²) >= 11 is 3.54. The first kappa shape index (κ1) is 13.8. The van der Waals surface area contributed by atoms with E-state index in [4.69, 9.17) is 10.5 Å². The van der Waals surface area contributed by atoms with Crippen molar-refractivity contribution >= 4 is 21.6 Å². The van der Waals surface area contributed by atoms with Crippen molar-refractivity contribution in [3.05, 3.63) is 28.2 Å². The van der Waals surface area contributed by atoms with Crippen molar-refractivity contribution in [2.75, 3.05) is 24.7 Å². The number of morpholine rings is 1. The van der Waals surface area contributed by atoms with Crippen molar-refractivity contribution in [2.45, 2.75) is 25.6 Å². The summed E-state index contributed by atoms with van der Waals surface area (Å²) in [6, 6.07) is 6.50. The van der Waals surface area contributed by atoms with Crippen LogP contribution >= 0.6 is 15.9 Å². The number of aliphatic hydroxyl groups excluding tert-OH is 1. The molecular weight excluding hydrogens is 296 g/mol. The van der Waals surface area contributed by atoms with Gasteiger partial charge in [0, 0.05) is 29.3 Å². The standard InChI is InChI=1S/C13H19BrN2O2/c1-9-8-18-12(7-17)6-16(9)11-3-2-10(5-15)13(14)4-11/h2-4,9,12,17H,5-8,15H2,1H3. The maximum atomic E-state index is 9.20. The number of hydrogen-bond acceptors (Lipinski definition) is 4. The molecule has 0 bridgehead atoms. The van der Waals surface area contributed by atoms with Gasteiger partial charge in [0.1, 0.15) is 0 Å². The largest absolute Gasteiger partial charge is 0.394 e. The molecule has 1 aromatic carbocycles. The summed E-state index contributed by atoms with van der Waals surface area (Å²) in [6.45, 7) is 4.07. The third-order valence-corrected chi connectivity index (χ3v) is 4.04. The minimum Gasteiger partial charge on any atom is -0.394 e. The van der Waals surface area contributed by atoms with Crippen molar-refractivity contribution in [3.8, 4) is 0 Å². The molecule has 1 aliphatic heterocycles. The minimum atomic E-state index is -0.103. The Morgan fingerprint density at radius 2 is 2.33 bits per heavy atom. The Kier molecular flexibility index (Phi) is 4.61. The van der Waals surface area contributed by atoms with Crippen LogP contribution in [0.15, 0.2) is 22.7 Å². The van der Waals surface area contributed by atoms with Gasteiger partial charge in [0.25, 0.3) is 0 Å². The molecule has 0 saturated carbocycles. The normalized spacial score (nSPS) is 24.3. The number of nitrogens with zero attached hydrogens (tertiary/aromatic N) is 1. The number of benzene rings is 1. The van der Waals surface area contributed by atoms with E-state index in [1.165, 1.54) is 0 Å². The zero-order chi connectivity index (χ0) is 13.1. The molecule has 0 aromatic heterocycles. The number of nitrogens with two attached hydrogens (primary N) is 1. The van der Waals surface area contributed by atoms with E-state index in [0.717, 1.165) is 15.7 Å². The van der Waals surface area contributed by atoms with E-state index in [1.54, 1.807) is 0 Å². The topological polar surface area (TPSA) is 58.7 Å². The fourth-order valence-electron chi connectivity index (χ4n) is 2.17. The number of ether oxygens (including phenoxy) is 1. The van der Waals surface area contributed by atoms with Gasteiger partial charge in [0.05, 0.1) is 19.3 Å². The van der Waals surface area contributed by atoms with Crippen LogP contribution in [0.3, 0.4) is 0 Å². The van der Waals surface area contributed by atoms with Crippen LogP contribution in [-0.2, 0) is 11.3 Å². The molecule has 4 nitrogen and oxygen atoms in total. The van der Waals surface area contributed by atoms with Crippen molar-refractivity contribution in [1.29, 1.82) is 0 Å². The summed E-state index contributed by atoms with van der Waals surface area (Å²) in [6.07, 6.45) is -0.103. The molecule has 2 atom stereocenters. The Bertz CT molecular complexity index is 414. The Labute approximate surface area is 116 Å². The zero-order valence-electron chi connectivity index (χ0n) is 10.5. The van der Waals surface area contributed by atoms with Crippen molar-refractivity contribution in [3.63, 3.8) is 0 Å². The maximum absolute atomic E-state index is 9.20. The zero-order valence-corrected chi connectivity index (χ0v) is 12.1. The Balaban J connectivity index is 2.21. The number of rotatable bonds is 3. The van der Waals surface area contributed by atoms with E-state index in [0.29, 0.717) is 25.7 Å². The molecule has 0 amide bonds. The highest BCUT2D eigenvalue weighted by atomic mass is 79.9. The van der Waals surface area contributed by atoms with E-state index in [-0.39, 0.29) is 12.7 Å². The van der Waals surface area contributed by atoms with Gasteiger partial charge in [0.2, 0.25) is 0 Å². The summed E-state index contributed by atoms with van der Waals surface area (Å²) in [5.41, 5.74) is 7.88. The molecule has 1 heterocycles. The van der Waals surface area contributed by atoms with E-state index < -0.39 is 0 Å². The van der Waals surface area contributed by atoms with Gasteiger partial charge in [-0.1, -0.05) is 22.0 Å². The quantitative estimate of drug-likeness (QED) is 0.887. The van der Waals surface area contributed by atoms with Gasteiger partial charge in [-0.2, -0.15) is 0 Å². The van der Waals surface area contributed by atoms with Crippen LogP contribution in [0.4, 0.5) is 5.69 Å². The lowest BCUT2D eigenvalue weighted by atomic mass is 10.1. The van der Waals surface area contributed by atoms with Crippen LogP contribution in [0.2, 0.25) is 0 Å². The summed E-state index contributed by atoms with van der Waals surface area (Å²) in [5.74, 6) is 0. The predicted octanol–water partition coefficient (Wildman–Crippen LogP) is 1.49. The number of halogens is 1. The molecule has 3 N–H and O–H groups in total. The molecule has 18 heavy (non-hydrogen) atoms. The second-order valence-electron chi connectivity index (χ2n) is 4.62. The number of hydrogen-bond donors (Lipinski definition) is 2. The minimum absolute atomic E-state index is 0.0608. The van der Waals surface area contributed by atoms with Crippen LogP contribution < -0.4 is 10.6 Å². The lowest BCUT2D eigenvalue weighted by Gasteiger charge is -2.39. The molecule has 2 unspecified atom stereocenters. The third kappa shape index (κ3) is 2.85. The summed E-state index contributed by atoms with van der Waals surface area (Å²) in [5, 5.41) is 9.20. The van der Waals surface area contributed by atoms with E-state index in [1.807, 2.05) is 6.07 Å². The molecule has 1 aromatic rings. The lowest BCUT2D eigenvalue weighted by molar-refractivity contribution is -0.0103. The SMILES string of the molecule is CC1COC(CO)CN1c1ccc(CN)c(Br)c1. The summed E-state index contributed by atoms with van der Waals surface area (Å²) in [4.78, 5) is 2.26. The average molecular weight is 315 g/mol. The predicted molar refractivity (Wildman–Crippen MR) is 75.7 cm³/mol. The van der Waals surface area contributed by atoms with Gasteiger partial charge in [0.15, 0.2) is 0 Å². The highest BCUT2D eigenvalue weighted by molar-refractivity contribution is 9.10. The molecular formula is C13H19BrN2O2. The first-order valence-electron chi connectivity index (χ1n) is 6.13. The van der Waals surface area contributed by atoms with E-state index >= 15 is 0 Å². The van der Waals surface area contributed by atoms with Crippen LogP contribution in [0.25, 0.3) is 0 Å². The van der Waals surface area contributed by atoms with Gasteiger partial charge < -0.3 is 20.5 Å². The number of aliphatic hydroxyl groups is 1. The van der Waals surface area contributed by atoms with Crippen LogP contribution in [0.5, 0.6) is 0 Å². The number of anilines is 1. The van der Waals surface area contributed by atoms with E-state index in [2.05, 4.69) is 39.9 Å². The molecule has 0 spiro atoms. The fourth-order valence-corrected chi connectivity index (χ4v) is 2.70. The molecule has 100 valence electrons. The monoisotopic (exact) mass is 314 g/mol. The Hall–Kier alpha value is -0.620. The fraction of sp³-hybridized carbons (Fsp3) is 0.538. The van der Waals surface area contributed by atoms with Crippen LogP contribution in [-0.4, -0.2) is 37.0 Å². The molecule has 0 aliphatic carbocycles. The molecule has 1 aliphatic rings. The van der Waals surface area contributed by atoms with Crippen molar-refractivity contribution in [1.82, 2.24) is 0 Å². The summed E-state index contributed by atoms with van der Waals surface area (Å²) < 4.78 is 6.57. The van der Waals surface area contributed by atoms with Crippen LogP contribution in [0, 0.1) is 0 Å². The highest BCUT2D eigenvalue weighted by Gasteiger charge is 2.25. The Morgan fingerprint density at radius 3 is 2.94 bits per heavy atom. The second kappa shape index (κ2) is 6.02. The van der Waals surface area contributed by atoms with Crippen LogP contribution in [0.1, 0.15) is 12.5 Å². The maximum Gasteiger partial charge on any atom is 0.0981 e. The van der Waals surface area contributed by atoms with Crippen molar-refractivity contribution < 1.29 is 9.84 Å². The molecule has 1 fully saturated rings. The first-order chi connectivity index (χ1) is 8.65. The average Bonchev–Trinajstić information content (AvgIpc) is 2.39. The van der Waals surface area contributed by atoms with Gasteiger partial charge in [-0.25, -0.2) is 0 Å². The smallest absolute Gasteiger partial charge is 0.0981 e. The van der Waals surface area contributed by atoms with Gasteiger partial charge in [-0.3, -0.25) is 0 Å². The molecule has 5 heteroatoms. The molecule has 0 radical (unpaired) electrons.